The van der Waals surface area contributed by atoms with Gasteiger partial charge in [-0.3, -0.25) is 19.2 Å². The molecule has 2 amide bonds. The largest absolute Gasteiger partial charge is 0.454 e. The highest BCUT2D eigenvalue weighted by molar-refractivity contribution is 6.06. The number of benzene rings is 2. The lowest BCUT2D eigenvalue weighted by molar-refractivity contribution is -0.137. The van der Waals surface area contributed by atoms with Crippen molar-refractivity contribution >= 4 is 23.4 Å². The summed E-state index contributed by atoms with van der Waals surface area (Å²) in [5, 5.41) is 2.74. The summed E-state index contributed by atoms with van der Waals surface area (Å²) in [6.45, 7) is 2.70. The molecule has 8 heteroatoms. The van der Waals surface area contributed by atoms with Gasteiger partial charge in [0.2, 0.25) is 18.6 Å². The maximum absolute atomic E-state index is 13.1. The first-order valence-corrected chi connectivity index (χ1v) is 9.81. The van der Waals surface area contributed by atoms with Crippen molar-refractivity contribution in [3.8, 4) is 11.5 Å². The van der Waals surface area contributed by atoms with Gasteiger partial charge < -0.3 is 20.5 Å². The van der Waals surface area contributed by atoms with Gasteiger partial charge in [-0.1, -0.05) is 36.4 Å². The second kappa shape index (κ2) is 9.42. The van der Waals surface area contributed by atoms with E-state index in [0.717, 1.165) is 5.56 Å². The number of nitrogens with two attached hydrogens (primary N) is 1. The lowest BCUT2D eigenvalue weighted by atomic mass is 9.72. The highest BCUT2D eigenvalue weighted by atomic mass is 16.7. The number of nitrogens with one attached hydrogen (secondary N) is 1. The second-order valence-electron chi connectivity index (χ2n) is 7.42. The quantitative estimate of drug-likeness (QED) is 0.591. The van der Waals surface area contributed by atoms with E-state index in [9.17, 15) is 19.2 Å². The molecular weight excluding hydrogens is 400 g/mol. The van der Waals surface area contributed by atoms with Gasteiger partial charge in [-0.05, 0) is 37.1 Å². The van der Waals surface area contributed by atoms with Gasteiger partial charge in [-0.25, -0.2) is 0 Å². The third kappa shape index (κ3) is 4.91. The van der Waals surface area contributed by atoms with Gasteiger partial charge in [0.25, 0.3) is 0 Å². The Morgan fingerprint density at radius 1 is 0.935 bits per heavy atom. The number of primary amides is 1. The van der Waals surface area contributed by atoms with Crippen molar-refractivity contribution in [2.24, 2.45) is 17.6 Å². The van der Waals surface area contributed by atoms with Gasteiger partial charge in [0.15, 0.2) is 11.5 Å². The van der Waals surface area contributed by atoms with Crippen LogP contribution in [-0.4, -0.2) is 30.2 Å². The lowest BCUT2D eigenvalue weighted by Gasteiger charge is -2.29. The Morgan fingerprint density at radius 2 is 1.58 bits per heavy atom. The van der Waals surface area contributed by atoms with Crippen LogP contribution in [0.25, 0.3) is 0 Å². The molecule has 8 nitrogen and oxygen atoms in total. The minimum atomic E-state index is -1.36. The van der Waals surface area contributed by atoms with Crippen molar-refractivity contribution in [3.63, 3.8) is 0 Å². The summed E-state index contributed by atoms with van der Waals surface area (Å²) >= 11 is 0. The number of fused-ring (bicyclic) bond motifs is 1. The molecule has 2 aromatic carbocycles. The molecule has 0 spiro atoms. The molecule has 3 rings (SSSR count). The maximum Gasteiger partial charge on any atom is 0.231 e. The number of carbonyl (C=O) groups excluding carboxylic acids is 4. The number of rotatable bonds is 9. The maximum atomic E-state index is 13.1. The third-order valence-corrected chi connectivity index (χ3v) is 5.27. The van der Waals surface area contributed by atoms with Crippen molar-refractivity contribution in [3.05, 3.63) is 59.7 Å². The number of ketones is 2. The Kier molecular flexibility index (Phi) is 6.69. The van der Waals surface area contributed by atoms with Crippen molar-refractivity contribution in [2.45, 2.75) is 26.3 Å². The molecule has 31 heavy (non-hydrogen) atoms. The molecule has 0 saturated heterocycles. The van der Waals surface area contributed by atoms with Crippen LogP contribution >= 0.6 is 0 Å². The molecule has 0 saturated carbocycles. The lowest BCUT2D eigenvalue weighted by Crippen LogP contribution is -2.45. The van der Waals surface area contributed by atoms with Gasteiger partial charge in [0.05, 0.1) is 0 Å². The van der Waals surface area contributed by atoms with Crippen LogP contribution < -0.4 is 20.5 Å². The Hall–Kier alpha value is -3.68. The normalized spacial score (nSPS) is 14.9. The van der Waals surface area contributed by atoms with Crippen molar-refractivity contribution in [1.82, 2.24) is 5.32 Å². The molecular formula is C23H24N2O6. The van der Waals surface area contributed by atoms with Crippen LogP contribution in [0.2, 0.25) is 0 Å². The Balaban J connectivity index is 1.99. The average molecular weight is 424 g/mol. The number of hydrogen-bond acceptors (Lipinski definition) is 6. The highest BCUT2D eigenvalue weighted by Gasteiger charge is 2.43. The van der Waals surface area contributed by atoms with E-state index >= 15 is 0 Å². The van der Waals surface area contributed by atoms with Crippen molar-refractivity contribution in [2.75, 3.05) is 6.79 Å². The van der Waals surface area contributed by atoms with Crippen LogP contribution in [-0.2, 0) is 25.7 Å². The predicted molar refractivity (Wildman–Crippen MR) is 111 cm³/mol. The Labute approximate surface area is 179 Å². The fourth-order valence-electron chi connectivity index (χ4n) is 3.82. The zero-order chi connectivity index (χ0) is 22.5. The summed E-state index contributed by atoms with van der Waals surface area (Å²) in [4.78, 5) is 50.3. The number of ether oxygens (including phenoxy) is 2. The molecule has 2 aromatic rings. The Bertz CT molecular complexity index is 990. The van der Waals surface area contributed by atoms with Gasteiger partial charge in [-0.15, -0.1) is 0 Å². The molecule has 3 atom stereocenters. The highest BCUT2D eigenvalue weighted by Crippen LogP contribution is 2.40. The molecule has 1 heterocycles. The van der Waals surface area contributed by atoms with E-state index < -0.39 is 41.1 Å². The smallest absolute Gasteiger partial charge is 0.231 e. The van der Waals surface area contributed by atoms with E-state index in [1.807, 2.05) is 30.3 Å². The first-order valence-electron chi connectivity index (χ1n) is 9.81. The van der Waals surface area contributed by atoms with E-state index in [1.54, 1.807) is 18.2 Å². The fourth-order valence-corrected chi connectivity index (χ4v) is 3.82. The van der Waals surface area contributed by atoms with Gasteiger partial charge in [0, 0.05) is 12.5 Å². The molecule has 0 bridgehead atoms. The summed E-state index contributed by atoms with van der Waals surface area (Å²) in [5.74, 6) is -5.36. The zero-order valence-electron chi connectivity index (χ0n) is 17.3. The topological polar surface area (TPSA) is 125 Å². The number of carbonyl (C=O) groups is 4. The van der Waals surface area contributed by atoms with E-state index in [1.165, 1.54) is 13.8 Å². The van der Waals surface area contributed by atoms with E-state index in [2.05, 4.69) is 5.32 Å². The fraction of sp³-hybridized carbons (Fsp3) is 0.304. The van der Waals surface area contributed by atoms with Gasteiger partial charge >= 0.3 is 0 Å². The molecule has 0 aromatic heterocycles. The molecule has 3 N–H and O–H groups in total. The number of amides is 2. The standard InChI is InChI=1S/C23H24N2O6/c1-13(26)19(22(24)28)21(16-8-9-17-18(10-16)31-12-30-17)20(14(2)27)23(29)25-11-15-6-4-3-5-7-15/h3-10,19-21H,11-12H2,1-2H3,(H2,24,28)(H,25,29). The summed E-state index contributed by atoms with van der Waals surface area (Å²) in [7, 11) is 0. The molecule has 1 aliphatic heterocycles. The molecule has 0 radical (unpaired) electrons. The van der Waals surface area contributed by atoms with Crippen LogP contribution in [0.4, 0.5) is 0 Å². The molecule has 0 fully saturated rings. The van der Waals surface area contributed by atoms with Crippen molar-refractivity contribution in [1.29, 1.82) is 0 Å². The Morgan fingerprint density at radius 3 is 2.19 bits per heavy atom. The van der Waals surface area contributed by atoms with Gasteiger partial charge in [-0.2, -0.15) is 0 Å². The number of Topliss-reactive ketones (excluding diaryl/α,β-unsaturated/α-hetero) is 2. The average Bonchev–Trinajstić information content (AvgIpc) is 3.19. The van der Waals surface area contributed by atoms with Crippen LogP contribution in [0.15, 0.2) is 48.5 Å². The first kappa shape index (κ1) is 22.0. The molecule has 162 valence electrons. The van der Waals surface area contributed by atoms with E-state index in [4.69, 9.17) is 15.2 Å². The third-order valence-electron chi connectivity index (χ3n) is 5.27. The minimum Gasteiger partial charge on any atom is -0.454 e. The van der Waals surface area contributed by atoms with Crippen molar-refractivity contribution < 1.29 is 28.7 Å². The zero-order valence-corrected chi connectivity index (χ0v) is 17.3. The first-order chi connectivity index (χ1) is 14.8. The van der Waals surface area contributed by atoms with Crippen LogP contribution in [0.5, 0.6) is 11.5 Å². The molecule has 1 aliphatic rings. The second-order valence-corrected chi connectivity index (χ2v) is 7.42. The van der Waals surface area contributed by atoms with Crippen LogP contribution in [0, 0.1) is 11.8 Å². The van der Waals surface area contributed by atoms with E-state index in [-0.39, 0.29) is 13.3 Å². The van der Waals surface area contributed by atoms with Crippen LogP contribution in [0.3, 0.4) is 0 Å². The summed E-state index contributed by atoms with van der Waals surface area (Å²) < 4.78 is 10.7. The predicted octanol–water partition coefficient (Wildman–Crippen LogP) is 1.71. The number of hydrogen-bond donors (Lipinski definition) is 2. The summed E-state index contributed by atoms with van der Waals surface area (Å²) in [6, 6.07) is 14.0. The molecule has 3 unspecified atom stereocenters. The SMILES string of the molecule is CC(=O)C(C(N)=O)C(c1ccc2c(c1)OCO2)C(C(C)=O)C(=O)NCc1ccccc1. The monoisotopic (exact) mass is 424 g/mol. The van der Waals surface area contributed by atoms with Gasteiger partial charge in [0.1, 0.15) is 23.4 Å². The summed E-state index contributed by atoms with van der Waals surface area (Å²) in [6.07, 6.45) is 0. The van der Waals surface area contributed by atoms with Crippen LogP contribution in [0.1, 0.15) is 30.9 Å². The summed E-state index contributed by atoms with van der Waals surface area (Å²) in [5.41, 5.74) is 6.79. The minimum absolute atomic E-state index is 0.0309. The van der Waals surface area contributed by atoms with E-state index in [0.29, 0.717) is 17.1 Å². The molecule has 0 aliphatic carbocycles.